The van der Waals surface area contributed by atoms with E-state index in [1.54, 1.807) is 0 Å². The van der Waals surface area contributed by atoms with Gasteiger partial charge in [0.25, 0.3) is 0 Å². The minimum atomic E-state index is 0.117. The van der Waals surface area contributed by atoms with Crippen molar-refractivity contribution in [1.82, 2.24) is 5.43 Å². The van der Waals surface area contributed by atoms with Crippen LogP contribution in [-0.2, 0) is 0 Å². The molecule has 1 aromatic rings. The lowest BCUT2D eigenvalue weighted by Crippen LogP contribution is -2.27. The largest absolute Gasteiger partial charge is 0.271 e. The standard InChI is InChI=1S/C14H24Cl2N2S/c1-2-3-4-5-6-7-8-9-12(18-17)11-10-13(15)19-14(11)16/h10,12,18H,2-9,17H2,1H3. The number of unbranched alkanes of at least 4 members (excludes halogenated alkanes) is 6. The number of hydrogen-bond donors (Lipinski definition) is 2. The van der Waals surface area contributed by atoms with E-state index in [9.17, 15) is 0 Å². The van der Waals surface area contributed by atoms with Crippen molar-refractivity contribution in [3.8, 4) is 0 Å². The van der Waals surface area contributed by atoms with E-state index >= 15 is 0 Å². The molecule has 0 fully saturated rings. The molecule has 1 rings (SSSR count). The van der Waals surface area contributed by atoms with Crippen molar-refractivity contribution in [2.45, 2.75) is 64.3 Å². The van der Waals surface area contributed by atoms with Crippen LogP contribution in [-0.4, -0.2) is 0 Å². The van der Waals surface area contributed by atoms with E-state index in [-0.39, 0.29) is 6.04 Å². The molecule has 1 heterocycles. The lowest BCUT2D eigenvalue weighted by molar-refractivity contribution is 0.477. The minimum absolute atomic E-state index is 0.117. The number of rotatable bonds is 10. The summed E-state index contributed by atoms with van der Waals surface area (Å²) < 4.78 is 1.47. The molecule has 19 heavy (non-hydrogen) atoms. The molecule has 0 aliphatic rings. The van der Waals surface area contributed by atoms with Crippen molar-refractivity contribution in [1.29, 1.82) is 0 Å². The van der Waals surface area contributed by atoms with Crippen LogP contribution in [0.1, 0.15) is 69.9 Å². The third kappa shape index (κ3) is 6.46. The van der Waals surface area contributed by atoms with Crippen molar-refractivity contribution in [2.75, 3.05) is 0 Å². The lowest BCUT2D eigenvalue weighted by Gasteiger charge is -2.15. The van der Waals surface area contributed by atoms with Gasteiger partial charge in [-0.2, -0.15) is 0 Å². The van der Waals surface area contributed by atoms with E-state index in [0.29, 0.717) is 0 Å². The highest BCUT2D eigenvalue weighted by Crippen LogP contribution is 2.36. The molecule has 1 unspecified atom stereocenters. The van der Waals surface area contributed by atoms with E-state index in [1.807, 2.05) is 6.07 Å². The zero-order chi connectivity index (χ0) is 14.1. The molecule has 0 saturated heterocycles. The average Bonchev–Trinajstić information content (AvgIpc) is 2.72. The highest BCUT2D eigenvalue weighted by atomic mass is 35.5. The quantitative estimate of drug-likeness (QED) is 0.329. The van der Waals surface area contributed by atoms with Crippen LogP contribution < -0.4 is 11.3 Å². The van der Waals surface area contributed by atoms with E-state index in [4.69, 9.17) is 29.0 Å². The fourth-order valence-corrected chi connectivity index (χ4v) is 3.80. The summed E-state index contributed by atoms with van der Waals surface area (Å²) in [4.78, 5) is 0. The Hall–Kier alpha value is 0.200. The second-order valence-electron chi connectivity index (χ2n) is 4.91. The number of nitrogens with one attached hydrogen (secondary N) is 1. The van der Waals surface area contributed by atoms with Crippen LogP contribution in [0.4, 0.5) is 0 Å². The van der Waals surface area contributed by atoms with Crippen LogP contribution in [0, 0.1) is 0 Å². The molecule has 0 spiro atoms. The Balaban J connectivity index is 2.24. The number of thiophene rings is 1. The van der Waals surface area contributed by atoms with E-state index < -0.39 is 0 Å². The van der Waals surface area contributed by atoms with Crippen molar-refractivity contribution >= 4 is 34.5 Å². The smallest absolute Gasteiger partial charge is 0.0992 e. The maximum absolute atomic E-state index is 6.15. The summed E-state index contributed by atoms with van der Waals surface area (Å²) >= 11 is 13.5. The highest BCUT2D eigenvalue weighted by Gasteiger charge is 2.15. The number of nitrogens with two attached hydrogens (primary N) is 1. The maximum atomic E-state index is 6.15. The Bertz CT molecular complexity index is 355. The van der Waals surface area contributed by atoms with Crippen LogP contribution >= 0.6 is 34.5 Å². The number of hydrazine groups is 1. The van der Waals surface area contributed by atoms with Gasteiger partial charge < -0.3 is 0 Å². The Morgan fingerprint density at radius 2 is 1.79 bits per heavy atom. The zero-order valence-corrected chi connectivity index (χ0v) is 13.9. The summed E-state index contributed by atoms with van der Waals surface area (Å²) in [6.07, 6.45) is 10.1. The van der Waals surface area contributed by atoms with Gasteiger partial charge in [0, 0.05) is 11.6 Å². The van der Waals surface area contributed by atoms with Crippen molar-refractivity contribution in [2.24, 2.45) is 5.84 Å². The SMILES string of the molecule is CCCCCCCCCC(NN)c1cc(Cl)sc1Cl. The lowest BCUT2D eigenvalue weighted by atomic mass is 10.0. The molecule has 110 valence electrons. The number of hydrogen-bond acceptors (Lipinski definition) is 3. The number of halogens is 2. The van der Waals surface area contributed by atoms with Crippen molar-refractivity contribution in [3.05, 3.63) is 20.3 Å². The predicted molar refractivity (Wildman–Crippen MR) is 87.0 cm³/mol. The first-order valence-corrected chi connectivity index (χ1v) is 8.67. The molecular formula is C14H24Cl2N2S. The van der Waals surface area contributed by atoms with Gasteiger partial charge in [0.2, 0.25) is 0 Å². The monoisotopic (exact) mass is 322 g/mol. The molecule has 0 bridgehead atoms. The molecule has 0 amide bonds. The van der Waals surface area contributed by atoms with Gasteiger partial charge in [0.15, 0.2) is 0 Å². The second kappa shape index (κ2) is 10.0. The zero-order valence-electron chi connectivity index (χ0n) is 11.6. The van der Waals surface area contributed by atoms with Crippen molar-refractivity contribution < 1.29 is 0 Å². The first-order chi connectivity index (χ1) is 9.19. The summed E-state index contributed by atoms with van der Waals surface area (Å²) in [6.45, 7) is 2.24. The van der Waals surface area contributed by atoms with Gasteiger partial charge in [0.05, 0.1) is 8.67 Å². The van der Waals surface area contributed by atoms with Gasteiger partial charge >= 0.3 is 0 Å². The molecule has 1 aromatic heterocycles. The fraction of sp³-hybridized carbons (Fsp3) is 0.714. The molecule has 0 aliphatic carbocycles. The van der Waals surface area contributed by atoms with Gasteiger partial charge in [0.1, 0.15) is 0 Å². The Labute approximate surface area is 130 Å². The Morgan fingerprint density at radius 1 is 1.16 bits per heavy atom. The molecule has 1 atom stereocenters. The summed E-state index contributed by atoms with van der Waals surface area (Å²) in [6, 6.07) is 2.03. The summed E-state index contributed by atoms with van der Waals surface area (Å²) in [5.41, 5.74) is 3.88. The first-order valence-electron chi connectivity index (χ1n) is 7.09. The maximum Gasteiger partial charge on any atom is 0.0992 e. The Kier molecular flexibility index (Phi) is 9.08. The van der Waals surface area contributed by atoms with E-state index in [0.717, 1.165) is 20.7 Å². The van der Waals surface area contributed by atoms with E-state index in [1.165, 1.54) is 56.3 Å². The van der Waals surface area contributed by atoms with Gasteiger partial charge in [-0.1, -0.05) is 75.1 Å². The third-order valence-corrected chi connectivity index (χ3v) is 4.87. The van der Waals surface area contributed by atoms with Crippen LogP contribution in [0.15, 0.2) is 6.07 Å². The first kappa shape index (κ1) is 17.3. The second-order valence-corrected chi connectivity index (χ2v) is 7.19. The highest BCUT2D eigenvalue weighted by molar-refractivity contribution is 7.20. The van der Waals surface area contributed by atoms with Crippen molar-refractivity contribution in [3.63, 3.8) is 0 Å². The van der Waals surface area contributed by atoms with E-state index in [2.05, 4.69) is 12.3 Å². The summed E-state index contributed by atoms with van der Waals surface area (Å²) in [5, 5.41) is 0. The van der Waals surface area contributed by atoms with Crippen LogP contribution in [0.2, 0.25) is 8.67 Å². The molecule has 0 radical (unpaired) electrons. The molecule has 0 aromatic carbocycles. The molecule has 5 heteroatoms. The Morgan fingerprint density at radius 3 is 2.32 bits per heavy atom. The molecule has 0 saturated carbocycles. The van der Waals surface area contributed by atoms with Gasteiger partial charge in [-0.05, 0) is 12.5 Å². The minimum Gasteiger partial charge on any atom is -0.271 e. The van der Waals surface area contributed by atoms with Crippen LogP contribution in [0.5, 0.6) is 0 Å². The topological polar surface area (TPSA) is 38.0 Å². The van der Waals surface area contributed by atoms with Gasteiger partial charge in [-0.15, -0.1) is 11.3 Å². The molecule has 2 nitrogen and oxygen atoms in total. The summed E-state index contributed by atoms with van der Waals surface area (Å²) in [5.74, 6) is 5.62. The summed E-state index contributed by atoms with van der Waals surface area (Å²) in [7, 11) is 0. The molecular weight excluding hydrogens is 299 g/mol. The third-order valence-electron chi connectivity index (χ3n) is 3.36. The van der Waals surface area contributed by atoms with Crippen LogP contribution in [0.25, 0.3) is 0 Å². The molecule has 0 aliphatic heterocycles. The van der Waals surface area contributed by atoms with Gasteiger partial charge in [-0.25, -0.2) is 0 Å². The van der Waals surface area contributed by atoms with Gasteiger partial charge in [-0.3, -0.25) is 11.3 Å². The van der Waals surface area contributed by atoms with Crippen LogP contribution in [0.3, 0.4) is 0 Å². The predicted octanol–water partition coefficient (Wildman–Crippen LogP) is 5.70. The normalized spacial score (nSPS) is 12.8. The fourth-order valence-electron chi connectivity index (χ4n) is 2.22. The average molecular weight is 323 g/mol. The molecule has 3 N–H and O–H groups in total.